The zero-order chi connectivity index (χ0) is 15.6. The van der Waals surface area contributed by atoms with Crippen LogP contribution in [0.15, 0.2) is 18.2 Å². The fourth-order valence-corrected chi connectivity index (χ4v) is 3.89. The van der Waals surface area contributed by atoms with Gasteiger partial charge in [-0.05, 0) is 37.5 Å². The van der Waals surface area contributed by atoms with Crippen molar-refractivity contribution in [3.8, 4) is 5.75 Å². The molecule has 0 aromatic heterocycles. The number of halogens is 1. The fourth-order valence-electron chi connectivity index (χ4n) is 2.53. The second-order valence-corrected chi connectivity index (χ2v) is 8.04. The number of rotatable bonds is 4. The van der Waals surface area contributed by atoms with E-state index in [1.54, 1.807) is 6.07 Å². The number of hydrogen-bond donors (Lipinski definition) is 1. The molecular weight excluding hydrogens is 316 g/mol. The summed E-state index contributed by atoms with van der Waals surface area (Å²) in [5.74, 6) is -0.723. The van der Waals surface area contributed by atoms with Crippen LogP contribution in [0, 0.1) is 0 Å². The number of benzene rings is 1. The van der Waals surface area contributed by atoms with Crippen LogP contribution >= 0.6 is 11.6 Å². The van der Waals surface area contributed by atoms with Gasteiger partial charge in [0.05, 0.1) is 21.9 Å². The molecule has 0 bridgehead atoms. The van der Waals surface area contributed by atoms with Crippen LogP contribution in [0.1, 0.15) is 36.0 Å². The number of carboxylic acids is 1. The summed E-state index contributed by atoms with van der Waals surface area (Å²) in [6.07, 6.45) is 3.65. The molecule has 1 aliphatic carbocycles. The van der Waals surface area contributed by atoms with E-state index in [1.807, 2.05) is 0 Å². The second-order valence-electron chi connectivity index (χ2n) is 5.30. The lowest BCUT2D eigenvalue weighted by Gasteiger charge is -2.28. The Morgan fingerprint density at radius 2 is 2.10 bits per heavy atom. The van der Waals surface area contributed by atoms with E-state index in [4.69, 9.17) is 21.4 Å². The molecule has 1 aliphatic rings. The molecule has 1 N–H and O–H groups in total. The van der Waals surface area contributed by atoms with Crippen LogP contribution in [-0.2, 0) is 9.84 Å². The van der Waals surface area contributed by atoms with Crippen LogP contribution in [0.5, 0.6) is 5.75 Å². The van der Waals surface area contributed by atoms with Crippen LogP contribution < -0.4 is 4.74 Å². The van der Waals surface area contributed by atoms with Crippen molar-refractivity contribution in [2.24, 2.45) is 0 Å². The third kappa shape index (κ3) is 4.11. The van der Waals surface area contributed by atoms with E-state index in [0.717, 1.165) is 12.8 Å². The van der Waals surface area contributed by atoms with Gasteiger partial charge in [0.2, 0.25) is 0 Å². The predicted octanol–water partition coefficient (Wildman–Crippen LogP) is 2.77. The lowest BCUT2D eigenvalue weighted by molar-refractivity contribution is 0.0696. The molecule has 1 aromatic carbocycles. The molecule has 2 atom stereocenters. The third-order valence-corrected chi connectivity index (χ3v) is 5.62. The van der Waals surface area contributed by atoms with Crippen molar-refractivity contribution < 1.29 is 23.1 Å². The van der Waals surface area contributed by atoms with E-state index in [9.17, 15) is 13.2 Å². The van der Waals surface area contributed by atoms with E-state index >= 15 is 0 Å². The smallest absolute Gasteiger partial charge is 0.337 e. The number of ether oxygens (including phenoxy) is 1. The summed E-state index contributed by atoms with van der Waals surface area (Å²) in [5, 5.41) is 8.78. The van der Waals surface area contributed by atoms with Gasteiger partial charge in [0.15, 0.2) is 0 Å². The number of sulfone groups is 1. The SMILES string of the molecule is CS(=O)(=O)C1CCCC(Oc2ccc(Cl)c(C(=O)O)c2)C1. The van der Waals surface area contributed by atoms with Crippen molar-refractivity contribution in [3.05, 3.63) is 28.8 Å². The highest BCUT2D eigenvalue weighted by Crippen LogP contribution is 2.29. The van der Waals surface area contributed by atoms with Crippen LogP contribution in [0.25, 0.3) is 0 Å². The van der Waals surface area contributed by atoms with Gasteiger partial charge in [-0.25, -0.2) is 13.2 Å². The maximum Gasteiger partial charge on any atom is 0.337 e. The Labute approximate surface area is 128 Å². The first-order chi connectivity index (χ1) is 9.77. The predicted molar refractivity (Wildman–Crippen MR) is 79.9 cm³/mol. The van der Waals surface area contributed by atoms with Crippen molar-refractivity contribution in [1.29, 1.82) is 0 Å². The highest BCUT2D eigenvalue weighted by Gasteiger charge is 2.30. The third-order valence-electron chi connectivity index (χ3n) is 3.65. The van der Waals surface area contributed by atoms with E-state index in [-0.39, 0.29) is 21.9 Å². The standard InChI is InChI=1S/C14H17ClO5S/c1-21(18,19)11-4-2-3-9(7-11)20-10-5-6-13(15)12(8-10)14(16)17/h5-6,8-9,11H,2-4,7H2,1H3,(H,16,17). The molecule has 7 heteroatoms. The summed E-state index contributed by atoms with van der Waals surface area (Å²) in [7, 11) is -3.07. The first-order valence-corrected chi connectivity index (χ1v) is 8.99. The Morgan fingerprint density at radius 3 is 2.71 bits per heavy atom. The first kappa shape index (κ1) is 16.1. The minimum atomic E-state index is -3.07. The van der Waals surface area contributed by atoms with Gasteiger partial charge in [0.25, 0.3) is 0 Å². The van der Waals surface area contributed by atoms with Crippen molar-refractivity contribution in [2.75, 3.05) is 6.26 Å². The van der Waals surface area contributed by atoms with Crippen LogP contribution in [0.2, 0.25) is 5.02 Å². The molecular formula is C14H17ClO5S. The molecule has 0 aliphatic heterocycles. The van der Waals surface area contributed by atoms with Gasteiger partial charge in [-0.1, -0.05) is 11.6 Å². The monoisotopic (exact) mass is 332 g/mol. The average molecular weight is 333 g/mol. The summed E-state index contributed by atoms with van der Waals surface area (Å²) in [6.45, 7) is 0. The Bertz CT molecular complexity index is 641. The Morgan fingerprint density at radius 1 is 1.38 bits per heavy atom. The molecule has 2 unspecified atom stereocenters. The van der Waals surface area contributed by atoms with Crippen LogP contribution in [-0.4, -0.2) is 37.1 Å². The van der Waals surface area contributed by atoms with Gasteiger partial charge in [0, 0.05) is 12.7 Å². The van der Waals surface area contributed by atoms with Crippen molar-refractivity contribution in [3.63, 3.8) is 0 Å². The maximum atomic E-state index is 11.6. The summed E-state index contributed by atoms with van der Waals surface area (Å²) in [4.78, 5) is 11.0. The molecule has 2 rings (SSSR count). The normalized spacial score (nSPS) is 22.8. The maximum absolute atomic E-state index is 11.6. The molecule has 116 valence electrons. The fraction of sp³-hybridized carbons (Fsp3) is 0.500. The zero-order valence-electron chi connectivity index (χ0n) is 11.6. The number of hydrogen-bond acceptors (Lipinski definition) is 4. The Kier molecular flexibility index (Phi) is 4.78. The van der Waals surface area contributed by atoms with E-state index < -0.39 is 15.8 Å². The summed E-state index contributed by atoms with van der Waals surface area (Å²) >= 11 is 5.80. The minimum Gasteiger partial charge on any atom is -0.490 e. The second kappa shape index (κ2) is 6.23. The molecule has 0 radical (unpaired) electrons. The topological polar surface area (TPSA) is 80.7 Å². The van der Waals surface area contributed by atoms with Gasteiger partial charge in [0.1, 0.15) is 15.6 Å². The average Bonchev–Trinajstić information content (AvgIpc) is 2.40. The Balaban J connectivity index is 2.11. The quantitative estimate of drug-likeness (QED) is 0.917. The Hall–Kier alpha value is -1.27. The van der Waals surface area contributed by atoms with Crippen LogP contribution in [0.4, 0.5) is 0 Å². The molecule has 0 saturated heterocycles. The minimum absolute atomic E-state index is 0.0235. The lowest BCUT2D eigenvalue weighted by atomic mass is 9.97. The largest absolute Gasteiger partial charge is 0.490 e. The molecule has 1 aromatic rings. The molecule has 0 amide bonds. The lowest BCUT2D eigenvalue weighted by Crippen LogP contribution is -2.33. The number of aromatic carboxylic acids is 1. The molecule has 5 nitrogen and oxygen atoms in total. The summed E-state index contributed by atoms with van der Waals surface area (Å²) in [6, 6.07) is 4.44. The van der Waals surface area contributed by atoms with Gasteiger partial charge in [-0.3, -0.25) is 0 Å². The summed E-state index contributed by atoms with van der Waals surface area (Å²) < 4.78 is 29.0. The number of carboxylic acid groups (broad SMARTS) is 1. The van der Waals surface area contributed by atoms with Gasteiger partial charge < -0.3 is 9.84 Å². The highest BCUT2D eigenvalue weighted by atomic mass is 35.5. The summed E-state index contributed by atoms with van der Waals surface area (Å²) in [5.41, 5.74) is -0.0235. The van der Waals surface area contributed by atoms with Crippen molar-refractivity contribution in [2.45, 2.75) is 37.0 Å². The molecule has 1 saturated carbocycles. The van der Waals surface area contributed by atoms with Crippen molar-refractivity contribution >= 4 is 27.4 Å². The van der Waals surface area contributed by atoms with Gasteiger partial charge in [-0.15, -0.1) is 0 Å². The van der Waals surface area contributed by atoms with Gasteiger partial charge >= 0.3 is 5.97 Å². The van der Waals surface area contributed by atoms with Crippen LogP contribution in [0.3, 0.4) is 0 Å². The molecule has 1 fully saturated rings. The van der Waals surface area contributed by atoms with E-state index in [1.165, 1.54) is 18.4 Å². The molecule has 21 heavy (non-hydrogen) atoms. The van der Waals surface area contributed by atoms with E-state index in [2.05, 4.69) is 0 Å². The van der Waals surface area contributed by atoms with E-state index in [0.29, 0.717) is 18.6 Å². The number of carbonyl (C=O) groups is 1. The zero-order valence-corrected chi connectivity index (χ0v) is 13.2. The van der Waals surface area contributed by atoms with Gasteiger partial charge in [-0.2, -0.15) is 0 Å². The molecule has 0 heterocycles. The first-order valence-electron chi connectivity index (χ1n) is 6.65. The van der Waals surface area contributed by atoms with Crippen molar-refractivity contribution in [1.82, 2.24) is 0 Å². The molecule has 0 spiro atoms. The highest BCUT2D eigenvalue weighted by molar-refractivity contribution is 7.91.